The molecule has 1 aliphatic rings. The molecule has 0 radical (unpaired) electrons. The second-order valence-corrected chi connectivity index (χ2v) is 7.98. The molecule has 4 rings (SSSR count). The van der Waals surface area contributed by atoms with Gasteiger partial charge in [0.25, 0.3) is 5.11 Å². The van der Waals surface area contributed by atoms with E-state index in [1.54, 1.807) is 10.6 Å². The summed E-state index contributed by atoms with van der Waals surface area (Å²) >= 11 is 10.7. The number of rotatable bonds is 5. The quantitative estimate of drug-likeness (QED) is 0.301. The van der Waals surface area contributed by atoms with E-state index in [4.69, 9.17) is 23.8 Å². The van der Waals surface area contributed by atoms with Gasteiger partial charge in [-0.2, -0.15) is 0 Å². The molecule has 0 aliphatic carbocycles. The van der Waals surface area contributed by atoms with Crippen LogP contribution in [0.15, 0.2) is 47.6 Å². The molecule has 0 saturated carbocycles. The second kappa shape index (κ2) is 9.04. The Hall–Kier alpha value is -2.95. The summed E-state index contributed by atoms with van der Waals surface area (Å²) in [7, 11) is 0. The number of benzene rings is 2. The normalized spacial score (nSPS) is 14.6. The van der Waals surface area contributed by atoms with E-state index in [0.29, 0.717) is 22.6 Å². The van der Waals surface area contributed by atoms with Crippen molar-refractivity contribution in [2.45, 2.75) is 6.67 Å². The molecule has 2 aromatic carbocycles. The average molecular weight is 463 g/mol. The van der Waals surface area contributed by atoms with Gasteiger partial charge in [-0.1, -0.05) is 11.6 Å². The Labute approximate surface area is 188 Å². The van der Waals surface area contributed by atoms with Crippen molar-refractivity contribution in [1.82, 2.24) is 14.9 Å². The lowest BCUT2D eigenvalue weighted by molar-refractivity contribution is 0.200. The number of hydrazine groups is 1. The van der Waals surface area contributed by atoms with Gasteiger partial charge in [0.05, 0.1) is 12.2 Å². The number of halogens is 2. The highest BCUT2D eigenvalue weighted by molar-refractivity contribution is 7.80. The van der Waals surface area contributed by atoms with Crippen LogP contribution >= 0.6 is 23.8 Å². The van der Waals surface area contributed by atoms with Crippen molar-refractivity contribution in [2.24, 2.45) is 5.18 Å². The van der Waals surface area contributed by atoms with Gasteiger partial charge in [-0.05, 0) is 54.7 Å². The zero-order valence-corrected chi connectivity index (χ0v) is 18.0. The predicted octanol–water partition coefficient (Wildman–Crippen LogP) is 3.89. The van der Waals surface area contributed by atoms with Crippen LogP contribution in [-0.4, -0.2) is 45.9 Å². The second-order valence-electron chi connectivity index (χ2n) is 7.16. The molecule has 1 aliphatic heterocycles. The smallest absolute Gasteiger partial charge is 0.254 e. The third-order valence-electron chi connectivity index (χ3n) is 5.28. The van der Waals surface area contributed by atoms with Crippen molar-refractivity contribution in [3.05, 3.63) is 58.2 Å². The van der Waals surface area contributed by atoms with Crippen LogP contribution < -0.4 is 15.8 Å². The molecule has 0 spiro atoms. The molecule has 3 aromatic rings. The van der Waals surface area contributed by atoms with Crippen molar-refractivity contribution < 1.29 is 9.50 Å². The number of hydrogen-bond acceptors (Lipinski definition) is 6. The van der Waals surface area contributed by atoms with Gasteiger partial charge in [0.2, 0.25) is 5.88 Å². The predicted molar refractivity (Wildman–Crippen MR) is 124 cm³/mol. The minimum Gasteiger partial charge on any atom is -0.493 e. The van der Waals surface area contributed by atoms with Crippen LogP contribution in [0.1, 0.15) is 0 Å². The number of piperazine rings is 1. The number of hydrogen-bond donors (Lipinski definition) is 3. The molecule has 0 unspecified atom stereocenters. The highest BCUT2D eigenvalue weighted by Crippen LogP contribution is 2.36. The fourth-order valence-electron chi connectivity index (χ4n) is 3.72. The number of nitrogens with zero attached hydrogens (tertiary/aromatic N) is 4. The minimum absolute atomic E-state index is 0.0954. The first-order valence-electron chi connectivity index (χ1n) is 9.59. The van der Waals surface area contributed by atoms with Crippen LogP contribution in [-0.2, 0) is 6.67 Å². The molecular weight excluding hydrogens is 443 g/mol. The van der Waals surface area contributed by atoms with Crippen LogP contribution in [0.4, 0.5) is 15.8 Å². The summed E-state index contributed by atoms with van der Waals surface area (Å²) in [5.74, 6) is -0.540. The van der Waals surface area contributed by atoms with E-state index >= 15 is 0 Å². The third kappa shape index (κ3) is 4.55. The van der Waals surface area contributed by atoms with Crippen molar-refractivity contribution >= 4 is 51.2 Å². The van der Waals surface area contributed by atoms with Gasteiger partial charge in [0.1, 0.15) is 11.5 Å². The largest absolute Gasteiger partial charge is 0.493 e. The molecule has 0 atom stereocenters. The maximum Gasteiger partial charge on any atom is 0.254 e. The highest BCUT2D eigenvalue weighted by Gasteiger charge is 2.22. The first kappa shape index (κ1) is 21.3. The number of nitrogens with one attached hydrogen (secondary N) is 2. The van der Waals surface area contributed by atoms with Crippen LogP contribution in [0.5, 0.6) is 5.88 Å². The maximum atomic E-state index is 13.9. The summed E-state index contributed by atoms with van der Waals surface area (Å²) in [4.78, 5) is 15.0. The zero-order chi connectivity index (χ0) is 22.0. The van der Waals surface area contributed by atoms with E-state index in [9.17, 15) is 14.4 Å². The Bertz CT molecular complexity index is 1120. The lowest BCUT2D eigenvalue weighted by atomic mass is 10.2. The lowest BCUT2D eigenvalue weighted by Crippen LogP contribution is -2.46. The monoisotopic (exact) mass is 462 g/mol. The molecule has 8 nitrogen and oxygen atoms in total. The molecule has 1 aromatic heterocycles. The molecular formula is C20H20ClFN6O2S. The van der Waals surface area contributed by atoms with Crippen molar-refractivity contribution in [2.75, 3.05) is 36.5 Å². The Morgan fingerprint density at radius 2 is 1.87 bits per heavy atom. The Kier molecular flexibility index (Phi) is 6.21. The number of aromatic hydroxyl groups is 1. The standard InChI is InChI=1S/C20H20ClFN6O2S/c21-13-1-4-15(5-2-13)27-9-7-26(8-10-27)12-28-17-6-3-14(22)11-16(17)18(19(28)29)23-24-20(31)25-30/h1-6,11,23,29H,7-10,12H2,(H,24,31). The molecule has 3 N–H and O–H groups in total. The van der Waals surface area contributed by atoms with Gasteiger partial charge in [-0.15, -0.1) is 4.91 Å². The van der Waals surface area contributed by atoms with E-state index in [-0.39, 0.29) is 16.7 Å². The first-order chi connectivity index (χ1) is 15.0. The molecule has 0 bridgehead atoms. The van der Waals surface area contributed by atoms with Crippen LogP contribution in [0.25, 0.3) is 10.9 Å². The van der Waals surface area contributed by atoms with Gasteiger partial charge in [0.15, 0.2) is 0 Å². The molecule has 31 heavy (non-hydrogen) atoms. The van der Waals surface area contributed by atoms with Crippen molar-refractivity contribution in [3.63, 3.8) is 0 Å². The zero-order valence-electron chi connectivity index (χ0n) is 16.4. The van der Waals surface area contributed by atoms with Crippen molar-refractivity contribution in [3.8, 4) is 5.88 Å². The van der Waals surface area contributed by atoms with E-state index in [1.807, 2.05) is 24.3 Å². The fourth-order valence-corrected chi connectivity index (χ4v) is 3.89. The summed E-state index contributed by atoms with van der Waals surface area (Å²) in [6, 6.07) is 12.0. The molecule has 1 saturated heterocycles. The van der Waals surface area contributed by atoms with Gasteiger partial charge >= 0.3 is 0 Å². The SMILES string of the molecule is O=NC(=S)NNc1c(O)n(CN2CCN(c3ccc(Cl)cc3)CC2)c2ccc(F)cc12. The molecule has 11 heteroatoms. The fraction of sp³-hybridized carbons (Fsp3) is 0.250. The number of aromatic nitrogens is 1. The Morgan fingerprint density at radius 3 is 2.55 bits per heavy atom. The number of anilines is 2. The summed E-state index contributed by atoms with van der Waals surface area (Å²) in [6.45, 7) is 3.62. The molecule has 162 valence electrons. The molecule has 2 heterocycles. The van der Waals surface area contributed by atoms with Crippen molar-refractivity contribution in [1.29, 1.82) is 0 Å². The van der Waals surface area contributed by atoms with E-state index in [2.05, 4.69) is 25.8 Å². The van der Waals surface area contributed by atoms with Crippen LogP contribution in [0.2, 0.25) is 5.02 Å². The number of nitroso groups, excluding NO2 is 1. The van der Waals surface area contributed by atoms with E-state index in [0.717, 1.165) is 31.9 Å². The average Bonchev–Trinajstić information content (AvgIpc) is 3.03. The van der Waals surface area contributed by atoms with Crippen LogP contribution in [0, 0.1) is 10.7 Å². The first-order valence-corrected chi connectivity index (χ1v) is 10.4. The lowest BCUT2D eigenvalue weighted by Gasteiger charge is -2.36. The highest BCUT2D eigenvalue weighted by atomic mass is 35.5. The maximum absolute atomic E-state index is 13.9. The van der Waals surface area contributed by atoms with Gasteiger partial charge < -0.3 is 10.0 Å². The topological polar surface area (TPSA) is 85.1 Å². The molecule has 1 fully saturated rings. The summed E-state index contributed by atoms with van der Waals surface area (Å²) in [5, 5.41) is 14.2. The number of fused-ring (bicyclic) bond motifs is 1. The number of thiocarbonyl (C=S) groups is 1. The van der Waals surface area contributed by atoms with E-state index < -0.39 is 5.82 Å². The minimum atomic E-state index is -0.444. The van der Waals surface area contributed by atoms with Gasteiger partial charge in [-0.3, -0.25) is 20.3 Å². The van der Waals surface area contributed by atoms with Crippen LogP contribution in [0.3, 0.4) is 0 Å². The molecule has 0 amide bonds. The van der Waals surface area contributed by atoms with E-state index in [1.165, 1.54) is 12.1 Å². The Balaban J connectivity index is 1.52. The van der Waals surface area contributed by atoms with Gasteiger partial charge in [-0.25, -0.2) is 4.39 Å². The Morgan fingerprint density at radius 1 is 1.16 bits per heavy atom. The summed E-state index contributed by atoms with van der Waals surface area (Å²) < 4.78 is 15.5. The summed E-state index contributed by atoms with van der Waals surface area (Å²) in [5.41, 5.74) is 7.07. The summed E-state index contributed by atoms with van der Waals surface area (Å²) in [6.07, 6.45) is 0. The van der Waals surface area contributed by atoms with Gasteiger partial charge in [0, 0.05) is 47.5 Å². The third-order valence-corrected chi connectivity index (χ3v) is 5.71.